The molecule has 3 nitrogen and oxygen atoms in total. The van der Waals surface area contributed by atoms with Gasteiger partial charge in [0.2, 0.25) is 0 Å². The van der Waals surface area contributed by atoms with E-state index in [2.05, 4.69) is 4.90 Å². The van der Waals surface area contributed by atoms with Crippen LogP contribution in [-0.2, 0) is 11.3 Å². The number of phenols is 1. The summed E-state index contributed by atoms with van der Waals surface area (Å²) in [6.07, 6.45) is 2.48. The maximum Gasteiger partial charge on any atom is 0.115 e. The van der Waals surface area contributed by atoms with Gasteiger partial charge in [-0.3, -0.25) is 4.90 Å². The number of benzene rings is 1. The number of nitrogens with zero attached hydrogens (tertiary/aromatic N) is 1. The second-order valence-electron chi connectivity index (χ2n) is 4.39. The first-order chi connectivity index (χ1) is 7.79. The highest BCUT2D eigenvalue weighted by atomic mass is 16.5. The summed E-state index contributed by atoms with van der Waals surface area (Å²) in [6, 6.07) is 8.02. The topological polar surface area (TPSA) is 32.7 Å². The molecule has 16 heavy (non-hydrogen) atoms. The molecule has 1 atom stereocenters. The van der Waals surface area contributed by atoms with E-state index in [-0.39, 0.29) is 0 Å². The second-order valence-corrected chi connectivity index (χ2v) is 4.39. The van der Waals surface area contributed by atoms with Gasteiger partial charge in [0, 0.05) is 19.7 Å². The van der Waals surface area contributed by atoms with E-state index in [4.69, 9.17) is 4.74 Å². The van der Waals surface area contributed by atoms with E-state index >= 15 is 0 Å². The van der Waals surface area contributed by atoms with Gasteiger partial charge in [-0.05, 0) is 37.1 Å². The van der Waals surface area contributed by atoms with Gasteiger partial charge in [-0.1, -0.05) is 12.1 Å². The second kappa shape index (κ2) is 5.32. The lowest BCUT2D eigenvalue weighted by Gasteiger charge is -2.23. The summed E-state index contributed by atoms with van der Waals surface area (Å²) in [5.41, 5.74) is 1.25. The normalized spacial score (nSPS) is 21.4. The van der Waals surface area contributed by atoms with E-state index in [1.54, 1.807) is 19.2 Å². The summed E-state index contributed by atoms with van der Waals surface area (Å²) in [4.78, 5) is 2.45. The minimum Gasteiger partial charge on any atom is -0.508 e. The maximum atomic E-state index is 9.22. The lowest BCUT2D eigenvalue weighted by molar-refractivity contribution is 0.112. The van der Waals surface area contributed by atoms with Crippen molar-refractivity contribution in [1.82, 2.24) is 4.90 Å². The van der Waals surface area contributed by atoms with Crippen LogP contribution in [0.4, 0.5) is 0 Å². The highest BCUT2D eigenvalue weighted by Crippen LogP contribution is 2.21. The van der Waals surface area contributed by atoms with Crippen molar-refractivity contribution in [3.8, 4) is 5.75 Å². The van der Waals surface area contributed by atoms with Gasteiger partial charge < -0.3 is 9.84 Å². The molecule has 0 spiro atoms. The van der Waals surface area contributed by atoms with Gasteiger partial charge >= 0.3 is 0 Å². The molecule has 0 saturated carbocycles. The SMILES string of the molecule is COC[C@@H]1CCCN1Cc1ccc(O)cc1. The van der Waals surface area contributed by atoms with Crippen LogP contribution in [0.25, 0.3) is 0 Å². The minimum absolute atomic E-state index is 0.332. The van der Waals surface area contributed by atoms with E-state index in [9.17, 15) is 5.11 Å². The van der Waals surface area contributed by atoms with Crippen LogP contribution in [0, 0.1) is 0 Å². The highest BCUT2D eigenvalue weighted by Gasteiger charge is 2.23. The van der Waals surface area contributed by atoms with Crippen LogP contribution in [0.15, 0.2) is 24.3 Å². The molecular formula is C13H19NO2. The van der Waals surface area contributed by atoms with Crippen molar-refractivity contribution in [1.29, 1.82) is 0 Å². The van der Waals surface area contributed by atoms with Crippen LogP contribution in [-0.4, -0.2) is 36.3 Å². The molecule has 1 N–H and O–H groups in total. The first-order valence-corrected chi connectivity index (χ1v) is 5.80. The van der Waals surface area contributed by atoms with Gasteiger partial charge in [-0.25, -0.2) is 0 Å². The standard InChI is InChI=1S/C13H19NO2/c1-16-10-12-3-2-8-14(12)9-11-4-6-13(15)7-5-11/h4-7,12,15H,2-3,8-10H2,1H3/t12-/m0/s1. The van der Waals surface area contributed by atoms with E-state index in [1.165, 1.54) is 18.4 Å². The highest BCUT2D eigenvalue weighted by molar-refractivity contribution is 5.25. The van der Waals surface area contributed by atoms with Crippen LogP contribution in [0.2, 0.25) is 0 Å². The maximum absolute atomic E-state index is 9.22. The molecule has 3 heteroatoms. The Bertz CT molecular complexity index is 323. The molecule has 0 aromatic heterocycles. The summed E-state index contributed by atoms with van der Waals surface area (Å²) in [7, 11) is 1.76. The first kappa shape index (κ1) is 11.4. The number of aromatic hydroxyl groups is 1. The number of hydrogen-bond acceptors (Lipinski definition) is 3. The smallest absolute Gasteiger partial charge is 0.115 e. The fourth-order valence-electron chi connectivity index (χ4n) is 2.32. The van der Waals surface area contributed by atoms with Crippen molar-refractivity contribution >= 4 is 0 Å². The van der Waals surface area contributed by atoms with E-state index in [0.29, 0.717) is 11.8 Å². The molecule has 1 aromatic rings. The Balaban J connectivity index is 1.95. The molecule has 0 radical (unpaired) electrons. The number of rotatable bonds is 4. The molecule has 1 fully saturated rings. The fraction of sp³-hybridized carbons (Fsp3) is 0.538. The Kier molecular flexibility index (Phi) is 3.80. The van der Waals surface area contributed by atoms with Gasteiger partial charge in [0.15, 0.2) is 0 Å². The largest absolute Gasteiger partial charge is 0.508 e. The van der Waals surface area contributed by atoms with E-state index < -0.39 is 0 Å². The fourth-order valence-corrected chi connectivity index (χ4v) is 2.32. The molecule has 0 aliphatic carbocycles. The number of ether oxygens (including phenoxy) is 1. The van der Waals surface area contributed by atoms with Gasteiger partial charge in [0.05, 0.1) is 6.61 Å². The van der Waals surface area contributed by atoms with Crippen LogP contribution in [0.1, 0.15) is 18.4 Å². The number of likely N-dealkylation sites (tertiary alicyclic amines) is 1. The van der Waals surface area contributed by atoms with Crippen molar-refractivity contribution in [2.75, 3.05) is 20.3 Å². The Hall–Kier alpha value is -1.06. The van der Waals surface area contributed by atoms with Gasteiger partial charge in [-0.2, -0.15) is 0 Å². The monoisotopic (exact) mass is 221 g/mol. The zero-order chi connectivity index (χ0) is 11.4. The first-order valence-electron chi connectivity index (χ1n) is 5.80. The molecule has 0 bridgehead atoms. The number of hydrogen-bond donors (Lipinski definition) is 1. The van der Waals surface area contributed by atoms with E-state index in [0.717, 1.165) is 19.7 Å². The molecule has 1 aromatic carbocycles. The predicted octanol–water partition coefficient (Wildman–Crippen LogP) is 2.00. The third kappa shape index (κ3) is 2.74. The summed E-state index contributed by atoms with van der Waals surface area (Å²) in [5.74, 6) is 0.332. The zero-order valence-corrected chi connectivity index (χ0v) is 9.72. The average Bonchev–Trinajstić information content (AvgIpc) is 2.70. The van der Waals surface area contributed by atoms with Crippen molar-refractivity contribution in [2.45, 2.75) is 25.4 Å². The summed E-state index contributed by atoms with van der Waals surface area (Å²) < 4.78 is 5.23. The molecule has 0 unspecified atom stereocenters. The molecular weight excluding hydrogens is 202 g/mol. The number of phenolic OH excluding ortho intramolecular Hbond substituents is 1. The molecule has 1 aliphatic heterocycles. The van der Waals surface area contributed by atoms with E-state index in [1.807, 2.05) is 12.1 Å². The molecule has 1 aliphatic rings. The molecule has 0 amide bonds. The Morgan fingerprint density at radius 3 is 2.81 bits per heavy atom. The lowest BCUT2D eigenvalue weighted by atomic mass is 10.2. The lowest BCUT2D eigenvalue weighted by Crippen LogP contribution is -2.32. The van der Waals surface area contributed by atoms with Crippen LogP contribution >= 0.6 is 0 Å². The molecule has 1 saturated heterocycles. The van der Waals surface area contributed by atoms with Crippen LogP contribution in [0.5, 0.6) is 5.75 Å². The molecule has 1 heterocycles. The summed E-state index contributed by atoms with van der Waals surface area (Å²) in [5, 5.41) is 9.22. The van der Waals surface area contributed by atoms with Crippen molar-refractivity contribution in [3.63, 3.8) is 0 Å². The average molecular weight is 221 g/mol. The minimum atomic E-state index is 0.332. The van der Waals surface area contributed by atoms with Crippen LogP contribution < -0.4 is 0 Å². The van der Waals surface area contributed by atoms with Gasteiger partial charge in [0.1, 0.15) is 5.75 Å². The number of methoxy groups -OCH3 is 1. The Morgan fingerprint density at radius 2 is 2.12 bits per heavy atom. The van der Waals surface area contributed by atoms with Crippen molar-refractivity contribution in [2.24, 2.45) is 0 Å². The van der Waals surface area contributed by atoms with Crippen molar-refractivity contribution < 1.29 is 9.84 Å². The van der Waals surface area contributed by atoms with Gasteiger partial charge in [-0.15, -0.1) is 0 Å². The third-order valence-corrected chi connectivity index (χ3v) is 3.18. The predicted molar refractivity (Wildman–Crippen MR) is 63.4 cm³/mol. The van der Waals surface area contributed by atoms with Gasteiger partial charge in [0.25, 0.3) is 0 Å². The van der Waals surface area contributed by atoms with Crippen molar-refractivity contribution in [3.05, 3.63) is 29.8 Å². The zero-order valence-electron chi connectivity index (χ0n) is 9.72. The quantitative estimate of drug-likeness (QED) is 0.844. The molecule has 2 rings (SSSR count). The third-order valence-electron chi connectivity index (χ3n) is 3.18. The molecule has 88 valence electrons. The Morgan fingerprint density at radius 1 is 1.38 bits per heavy atom. The summed E-state index contributed by atoms with van der Waals surface area (Å²) >= 11 is 0. The van der Waals surface area contributed by atoms with Crippen LogP contribution in [0.3, 0.4) is 0 Å². The summed E-state index contributed by atoms with van der Waals surface area (Å²) in [6.45, 7) is 2.92. The Labute approximate surface area is 96.6 Å².